The Kier molecular flexibility index (Phi) is 6.38. The summed E-state index contributed by atoms with van der Waals surface area (Å²) < 4.78 is 21.1. The van der Waals surface area contributed by atoms with Crippen molar-refractivity contribution in [2.24, 2.45) is 0 Å². The molecule has 146 valence electrons. The molecule has 0 aliphatic rings. The molecule has 0 saturated heterocycles. The van der Waals surface area contributed by atoms with E-state index < -0.39 is 0 Å². The lowest BCUT2D eigenvalue weighted by Crippen LogP contribution is -2.14. The minimum absolute atomic E-state index is 0.0251. The van der Waals surface area contributed by atoms with E-state index in [-0.39, 0.29) is 23.6 Å². The van der Waals surface area contributed by atoms with Crippen molar-refractivity contribution in [3.8, 4) is 28.7 Å². The van der Waals surface area contributed by atoms with Crippen molar-refractivity contribution in [3.05, 3.63) is 42.5 Å². The van der Waals surface area contributed by atoms with E-state index in [1.54, 1.807) is 39.5 Å². The third-order valence-corrected chi connectivity index (χ3v) is 4.71. The van der Waals surface area contributed by atoms with Crippen LogP contribution in [0.3, 0.4) is 0 Å². The highest BCUT2D eigenvalue weighted by atomic mass is 32.2. The summed E-state index contributed by atoms with van der Waals surface area (Å²) in [4.78, 5) is 13.1. The van der Waals surface area contributed by atoms with Gasteiger partial charge in [-0.05, 0) is 36.4 Å². The van der Waals surface area contributed by atoms with Gasteiger partial charge in [0.05, 0.1) is 27.1 Å². The lowest BCUT2D eigenvalue weighted by Gasteiger charge is -2.05. The molecule has 9 heteroatoms. The number of anilines is 1. The first-order chi connectivity index (χ1) is 13.6. The van der Waals surface area contributed by atoms with Gasteiger partial charge in [0, 0.05) is 16.5 Å². The van der Waals surface area contributed by atoms with Crippen LogP contribution < -0.4 is 19.5 Å². The number of rotatable bonds is 8. The Labute approximate surface area is 166 Å². The summed E-state index contributed by atoms with van der Waals surface area (Å²) in [6.45, 7) is 0. The van der Waals surface area contributed by atoms with Gasteiger partial charge in [-0.15, -0.1) is 16.9 Å². The second kappa shape index (κ2) is 9.14. The van der Waals surface area contributed by atoms with Gasteiger partial charge in [0.25, 0.3) is 0 Å². The summed E-state index contributed by atoms with van der Waals surface area (Å²) in [5.74, 6) is 2.15. The summed E-state index contributed by atoms with van der Waals surface area (Å²) in [6, 6.07) is 12.7. The summed E-state index contributed by atoms with van der Waals surface area (Å²) in [5.41, 5.74) is 0.622. The number of hydrogen-bond donors (Lipinski definition) is 1. The number of methoxy groups -OCH3 is 3. The highest BCUT2D eigenvalue weighted by Crippen LogP contribution is 2.29. The molecule has 3 rings (SSSR count). The average Bonchev–Trinajstić information content (AvgIpc) is 3.20. The summed E-state index contributed by atoms with van der Waals surface area (Å²) in [6.07, 6.45) is 0. The van der Waals surface area contributed by atoms with E-state index in [9.17, 15) is 4.79 Å². The normalized spacial score (nSPS) is 10.4. The first-order valence-corrected chi connectivity index (χ1v) is 9.23. The van der Waals surface area contributed by atoms with Gasteiger partial charge in [-0.2, -0.15) is 0 Å². The molecule has 1 heterocycles. The first kappa shape index (κ1) is 19.6. The molecule has 0 radical (unpaired) electrons. The van der Waals surface area contributed by atoms with E-state index in [2.05, 4.69) is 15.5 Å². The van der Waals surface area contributed by atoms with Gasteiger partial charge >= 0.3 is 6.01 Å². The predicted molar refractivity (Wildman–Crippen MR) is 105 cm³/mol. The van der Waals surface area contributed by atoms with Crippen LogP contribution in [0.25, 0.3) is 11.5 Å². The fourth-order valence-corrected chi connectivity index (χ4v) is 3.00. The maximum Gasteiger partial charge on any atom is 0.322 e. The minimum atomic E-state index is -0.251. The first-order valence-electron chi connectivity index (χ1n) is 8.25. The molecule has 1 amide bonds. The highest BCUT2D eigenvalue weighted by Gasteiger charge is 2.14. The van der Waals surface area contributed by atoms with Crippen LogP contribution in [-0.4, -0.2) is 43.2 Å². The van der Waals surface area contributed by atoms with Crippen LogP contribution in [0.1, 0.15) is 0 Å². The van der Waals surface area contributed by atoms with Gasteiger partial charge < -0.3 is 18.6 Å². The Morgan fingerprint density at radius 3 is 2.21 bits per heavy atom. The molecule has 0 unspecified atom stereocenters. The number of hydrogen-bond acceptors (Lipinski definition) is 8. The van der Waals surface area contributed by atoms with E-state index in [0.717, 1.165) is 10.6 Å². The van der Waals surface area contributed by atoms with Crippen LogP contribution in [0.4, 0.5) is 6.01 Å². The van der Waals surface area contributed by atoms with Crippen LogP contribution in [-0.2, 0) is 4.79 Å². The fraction of sp³-hybridized carbons (Fsp3) is 0.211. The van der Waals surface area contributed by atoms with Gasteiger partial charge in [0.2, 0.25) is 11.8 Å². The van der Waals surface area contributed by atoms with E-state index in [1.165, 1.54) is 11.8 Å². The zero-order valence-electron chi connectivity index (χ0n) is 15.6. The molecular formula is C19H19N3O5S. The van der Waals surface area contributed by atoms with Gasteiger partial charge in [-0.3, -0.25) is 10.1 Å². The highest BCUT2D eigenvalue weighted by molar-refractivity contribution is 8.00. The summed E-state index contributed by atoms with van der Waals surface area (Å²) in [5, 5.41) is 10.4. The Balaban J connectivity index is 1.61. The predicted octanol–water partition coefficient (Wildman–Crippen LogP) is 3.49. The van der Waals surface area contributed by atoms with Crippen LogP contribution >= 0.6 is 11.8 Å². The monoisotopic (exact) mass is 401 g/mol. The van der Waals surface area contributed by atoms with Crippen molar-refractivity contribution in [3.63, 3.8) is 0 Å². The molecule has 8 nitrogen and oxygen atoms in total. The number of nitrogens with zero attached hydrogens (tertiary/aromatic N) is 2. The fourth-order valence-electron chi connectivity index (χ4n) is 2.30. The Bertz CT molecular complexity index is 921. The zero-order valence-corrected chi connectivity index (χ0v) is 16.4. The van der Waals surface area contributed by atoms with Crippen LogP contribution in [0, 0.1) is 0 Å². The maximum atomic E-state index is 12.1. The average molecular weight is 401 g/mol. The van der Waals surface area contributed by atoms with E-state index in [4.69, 9.17) is 18.6 Å². The number of nitrogens with one attached hydrogen (secondary N) is 1. The SMILES string of the molecule is COc1ccc(SCC(=O)Nc2nnc(-c3cc(OC)cc(OC)c3)o2)cc1. The molecule has 0 aliphatic heterocycles. The van der Waals surface area contributed by atoms with Crippen LogP contribution in [0.5, 0.6) is 17.2 Å². The van der Waals surface area contributed by atoms with Crippen LogP contribution in [0.15, 0.2) is 51.8 Å². The molecule has 1 N–H and O–H groups in total. The van der Waals surface area contributed by atoms with E-state index in [1.807, 2.05) is 24.3 Å². The van der Waals surface area contributed by atoms with Crippen molar-refractivity contribution in [2.75, 3.05) is 32.4 Å². The smallest absolute Gasteiger partial charge is 0.322 e. The molecule has 3 aromatic rings. The molecule has 0 bridgehead atoms. The van der Waals surface area contributed by atoms with Gasteiger partial charge in [0.1, 0.15) is 17.2 Å². The van der Waals surface area contributed by atoms with Crippen molar-refractivity contribution < 1.29 is 23.4 Å². The second-order valence-corrected chi connectivity index (χ2v) is 6.57. The number of ether oxygens (including phenoxy) is 3. The molecule has 2 aromatic carbocycles. The minimum Gasteiger partial charge on any atom is -0.497 e. The number of amides is 1. The second-order valence-electron chi connectivity index (χ2n) is 5.53. The Morgan fingerprint density at radius 2 is 1.61 bits per heavy atom. The molecular weight excluding hydrogens is 382 g/mol. The molecule has 0 spiro atoms. The van der Waals surface area contributed by atoms with Gasteiger partial charge in [-0.1, -0.05) is 5.10 Å². The molecule has 1 aromatic heterocycles. The number of carbonyl (C=O) groups is 1. The zero-order chi connectivity index (χ0) is 19.9. The standard InChI is InChI=1S/C19H19N3O5S/c1-24-13-4-6-16(7-5-13)28-11-17(23)20-19-22-21-18(27-19)12-8-14(25-2)10-15(9-12)26-3/h4-10H,11H2,1-3H3,(H,20,22,23). The van der Waals surface area contributed by atoms with Crippen molar-refractivity contribution in [1.29, 1.82) is 0 Å². The lowest BCUT2D eigenvalue weighted by atomic mass is 10.2. The van der Waals surface area contributed by atoms with Crippen molar-refractivity contribution in [1.82, 2.24) is 10.2 Å². The van der Waals surface area contributed by atoms with Crippen molar-refractivity contribution >= 4 is 23.7 Å². The molecule has 28 heavy (non-hydrogen) atoms. The number of benzene rings is 2. The van der Waals surface area contributed by atoms with Gasteiger partial charge in [0.15, 0.2) is 0 Å². The van der Waals surface area contributed by atoms with Crippen molar-refractivity contribution in [2.45, 2.75) is 4.90 Å². The quantitative estimate of drug-likeness (QED) is 0.573. The number of carbonyl (C=O) groups excluding carboxylic acids is 1. The third-order valence-electron chi connectivity index (χ3n) is 3.70. The van der Waals surface area contributed by atoms with E-state index >= 15 is 0 Å². The maximum absolute atomic E-state index is 12.1. The largest absolute Gasteiger partial charge is 0.497 e. The number of aromatic nitrogens is 2. The van der Waals surface area contributed by atoms with Crippen LogP contribution in [0.2, 0.25) is 0 Å². The lowest BCUT2D eigenvalue weighted by molar-refractivity contribution is -0.113. The topological polar surface area (TPSA) is 95.7 Å². The Hall–Kier alpha value is -3.20. The summed E-state index contributed by atoms with van der Waals surface area (Å²) in [7, 11) is 4.72. The molecule has 0 saturated carbocycles. The summed E-state index contributed by atoms with van der Waals surface area (Å²) >= 11 is 1.39. The molecule has 0 fully saturated rings. The third kappa shape index (κ3) is 4.95. The van der Waals surface area contributed by atoms with E-state index in [0.29, 0.717) is 17.1 Å². The number of thioether (sulfide) groups is 1. The molecule has 0 atom stereocenters. The Morgan fingerprint density at radius 1 is 0.964 bits per heavy atom. The van der Waals surface area contributed by atoms with Gasteiger partial charge in [-0.25, -0.2) is 0 Å². The molecule has 0 aliphatic carbocycles.